The molecular formula is C31H31BrO4S. The Kier molecular flexibility index (Phi) is 7.81. The van der Waals surface area contributed by atoms with Crippen LogP contribution in [0, 0.1) is 13.8 Å². The summed E-state index contributed by atoms with van der Waals surface area (Å²) in [5.41, 5.74) is 5.86. The number of alkyl halides is 1. The monoisotopic (exact) mass is 578 g/mol. The molecule has 4 aromatic rings. The van der Waals surface area contributed by atoms with Crippen molar-refractivity contribution < 1.29 is 17.9 Å². The number of benzene rings is 4. The van der Waals surface area contributed by atoms with E-state index in [4.69, 9.17) is 9.47 Å². The third-order valence-corrected chi connectivity index (χ3v) is 9.28. The van der Waals surface area contributed by atoms with Gasteiger partial charge in [-0.05, 0) is 90.7 Å². The fourth-order valence-electron chi connectivity index (χ4n) is 4.17. The number of rotatable bonds is 8. The van der Waals surface area contributed by atoms with Crippen molar-refractivity contribution in [1.82, 2.24) is 0 Å². The molecular weight excluding hydrogens is 548 g/mol. The molecule has 0 heterocycles. The highest BCUT2D eigenvalue weighted by atomic mass is 79.9. The van der Waals surface area contributed by atoms with Crippen LogP contribution in [-0.4, -0.2) is 15.5 Å². The van der Waals surface area contributed by atoms with Gasteiger partial charge < -0.3 is 9.47 Å². The van der Waals surface area contributed by atoms with E-state index in [1.54, 1.807) is 55.6 Å². The van der Waals surface area contributed by atoms with E-state index in [1.165, 1.54) is 22.3 Å². The zero-order valence-electron chi connectivity index (χ0n) is 21.7. The number of hydrogen-bond acceptors (Lipinski definition) is 4. The summed E-state index contributed by atoms with van der Waals surface area (Å²) < 4.78 is 37.3. The minimum absolute atomic E-state index is 0.175. The second kappa shape index (κ2) is 10.7. The standard InChI is InChI=1S/C31H31BrO4S/c1-21-6-7-24(18-22(21)2)31(3,4)25-8-17-30(23(19-25)20-32)36-27-11-15-29(16-12-27)37(33,34)28-13-9-26(35-5)10-14-28/h6-19H,20H2,1-5H3. The minimum Gasteiger partial charge on any atom is -0.497 e. The van der Waals surface area contributed by atoms with Crippen LogP contribution in [0.15, 0.2) is 94.7 Å². The van der Waals surface area contributed by atoms with Gasteiger partial charge in [0.15, 0.2) is 0 Å². The maximum Gasteiger partial charge on any atom is 0.206 e. The molecule has 0 aromatic heterocycles. The molecule has 0 spiro atoms. The maximum atomic E-state index is 13.0. The first-order valence-corrected chi connectivity index (χ1v) is 14.6. The SMILES string of the molecule is COc1ccc(S(=O)(=O)c2ccc(Oc3ccc(C(C)(C)c4ccc(C)c(C)c4)cc3CBr)cc2)cc1. The molecule has 0 unspecified atom stereocenters. The zero-order chi connectivity index (χ0) is 26.8. The summed E-state index contributed by atoms with van der Waals surface area (Å²) in [5.74, 6) is 1.90. The quantitative estimate of drug-likeness (QED) is 0.198. The number of sulfone groups is 1. The Bertz CT molecular complexity index is 1510. The molecule has 4 rings (SSSR count). The summed E-state index contributed by atoms with van der Waals surface area (Å²) in [6.07, 6.45) is 0. The van der Waals surface area contributed by atoms with E-state index in [2.05, 4.69) is 74.0 Å². The smallest absolute Gasteiger partial charge is 0.206 e. The molecule has 0 amide bonds. The fraction of sp³-hybridized carbons (Fsp3) is 0.226. The van der Waals surface area contributed by atoms with E-state index < -0.39 is 9.84 Å². The Labute approximate surface area is 228 Å². The maximum absolute atomic E-state index is 13.0. The van der Waals surface area contributed by atoms with Gasteiger partial charge in [0.05, 0.1) is 16.9 Å². The van der Waals surface area contributed by atoms with Gasteiger partial charge in [0, 0.05) is 16.3 Å². The molecule has 0 radical (unpaired) electrons. The van der Waals surface area contributed by atoms with E-state index in [1.807, 2.05) is 6.07 Å². The molecule has 0 aliphatic carbocycles. The van der Waals surface area contributed by atoms with Gasteiger partial charge in [0.1, 0.15) is 17.2 Å². The second-order valence-corrected chi connectivity index (χ2v) is 12.1. The van der Waals surface area contributed by atoms with Crippen molar-refractivity contribution in [2.45, 2.75) is 48.2 Å². The van der Waals surface area contributed by atoms with Crippen LogP contribution in [0.2, 0.25) is 0 Å². The molecule has 6 heteroatoms. The van der Waals surface area contributed by atoms with Crippen LogP contribution in [0.1, 0.15) is 41.7 Å². The average molecular weight is 580 g/mol. The Morgan fingerprint density at radius 3 is 1.81 bits per heavy atom. The van der Waals surface area contributed by atoms with Crippen LogP contribution < -0.4 is 9.47 Å². The summed E-state index contributed by atoms with van der Waals surface area (Å²) in [6.45, 7) is 8.73. The van der Waals surface area contributed by atoms with E-state index in [0.717, 1.165) is 11.3 Å². The van der Waals surface area contributed by atoms with E-state index in [0.29, 0.717) is 16.8 Å². The number of halogens is 1. The molecule has 37 heavy (non-hydrogen) atoms. The van der Waals surface area contributed by atoms with Crippen LogP contribution in [0.25, 0.3) is 0 Å². The minimum atomic E-state index is -3.64. The fourth-order valence-corrected chi connectivity index (χ4v) is 5.87. The number of methoxy groups -OCH3 is 1. The predicted molar refractivity (Wildman–Crippen MR) is 152 cm³/mol. The van der Waals surface area contributed by atoms with Crippen LogP contribution in [0.4, 0.5) is 0 Å². The van der Waals surface area contributed by atoms with Gasteiger partial charge in [-0.2, -0.15) is 0 Å². The highest BCUT2D eigenvalue weighted by molar-refractivity contribution is 9.08. The number of hydrogen-bond donors (Lipinski definition) is 0. The van der Waals surface area contributed by atoms with E-state index >= 15 is 0 Å². The Hall–Kier alpha value is -3.09. The highest BCUT2D eigenvalue weighted by Gasteiger charge is 2.25. The van der Waals surface area contributed by atoms with Gasteiger partial charge in [-0.15, -0.1) is 0 Å². The molecule has 0 aliphatic heterocycles. The molecule has 0 saturated heterocycles. The Morgan fingerprint density at radius 2 is 1.27 bits per heavy atom. The van der Waals surface area contributed by atoms with Crippen molar-refractivity contribution in [1.29, 1.82) is 0 Å². The summed E-state index contributed by atoms with van der Waals surface area (Å²) in [7, 11) is -2.10. The largest absolute Gasteiger partial charge is 0.497 e. The lowest BCUT2D eigenvalue weighted by atomic mass is 9.77. The third-order valence-electron chi connectivity index (χ3n) is 6.89. The lowest BCUT2D eigenvalue weighted by Crippen LogP contribution is -2.19. The normalized spacial score (nSPS) is 11.8. The van der Waals surface area contributed by atoms with Crippen LogP contribution >= 0.6 is 15.9 Å². The average Bonchev–Trinajstić information content (AvgIpc) is 2.90. The van der Waals surface area contributed by atoms with Crippen LogP contribution in [0.5, 0.6) is 17.2 Å². The predicted octanol–water partition coefficient (Wildman–Crippen LogP) is 8.16. The molecule has 4 aromatic carbocycles. The molecule has 0 fully saturated rings. The van der Waals surface area contributed by atoms with Crippen molar-refractivity contribution in [3.8, 4) is 17.2 Å². The first kappa shape index (κ1) is 27.0. The molecule has 0 N–H and O–H groups in total. The summed E-state index contributed by atoms with van der Waals surface area (Å²) in [5, 5.41) is 0.628. The number of ether oxygens (including phenoxy) is 2. The first-order chi connectivity index (χ1) is 17.6. The zero-order valence-corrected chi connectivity index (χ0v) is 24.1. The van der Waals surface area contributed by atoms with E-state index in [-0.39, 0.29) is 15.2 Å². The second-order valence-electron chi connectivity index (χ2n) is 9.63. The Morgan fingerprint density at radius 1 is 0.730 bits per heavy atom. The topological polar surface area (TPSA) is 52.6 Å². The summed E-state index contributed by atoms with van der Waals surface area (Å²) in [4.78, 5) is 0.418. The Balaban J connectivity index is 1.57. The third kappa shape index (κ3) is 5.60. The molecule has 4 nitrogen and oxygen atoms in total. The van der Waals surface area contributed by atoms with Crippen molar-refractivity contribution in [3.05, 3.63) is 113 Å². The van der Waals surface area contributed by atoms with E-state index in [9.17, 15) is 8.42 Å². The molecule has 0 saturated carbocycles. The number of aryl methyl sites for hydroxylation is 2. The van der Waals surface area contributed by atoms with Gasteiger partial charge in [-0.25, -0.2) is 8.42 Å². The summed E-state index contributed by atoms with van der Waals surface area (Å²) >= 11 is 3.61. The van der Waals surface area contributed by atoms with Crippen LogP contribution in [0.3, 0.4) is 0 Å². The van der Waals surface area contributed by atoms with Crippen molar-refractivity contribution in [2.24, 2.45) is 0 Å². The lowest BCUT2D eigenvalue weighted by molar-refractivity contribution is 0.414. The molecule has 0 bridgehead atoms. The van der Waals surface area contributed by atoms with Gasteiger partial charge in [-0.1, -0.05) is 60.1 Å². The van der Waals surface area contributed by atoms with Gasteiger partial charge in [-0.3, -0.25) is 0 Å². The van der Waals surface area contributed by atoms with Crippen molar-refractivity contribution >= 4 is 25.8 Å². The van der Waals surface area contributed by atoms with Crippen LogP contribution in [-0.2, 0) is 20.6 Å². The summed E-state index contributed by atoms with van der Waals surface area (Å²) in [6, 6.07) is 25.7. The molecule has 192 valence electrons. The first-order valence-electron chi connectivity index (χ1n) is 12.0. The van der Waals surface area contributed by atoms with Crippen molar-refractivity contribution in [3.63, 3.8) is 0 Å². The highest BCUT2D eigenvalue weighted by Crippen LogP contribution is 2.37. The van der Waals surface area contributed by atoms with Crippen molar-refractivity contribution in [2.75, 3.05) is 7.11 Å². The molecule has 0 atom stereocenters. The van der Waals surface area contributed by atoms with Gasteiger partial charge >= 0.3 is 0 Å². The lowest BCUT2D eigenvalue weighted by Gasteiger charge is -2.28. The molecule has 0 aliphatic rings. The van der Waals surface area contributed by atoms with Gasteiger partial charge in [0.25, 0.3) is 0 Å². The van der Waals surface area contributed by atoms with Gasteiger partial charge in [0.2, 0.25) is 9.84 Å².